The van der Waals surface area contributed by atoms with Crippen LogP contribution in [0, 0.1) is 5.82 Å². The molecular weight excluding hydrogens is 157 g/mol. The fourth-order valence-corrected chi connectivity index (χ4v) is 1.65. The highest BCUT2D eigenvalue weighted by atomic mass is 19.1. The van der Waals surface area contributed by atoms with Gasteiger partial charge in [-0.3, -0.25) is 5.73 Å². The van der Waals surface area contributed by atoms with E-state index in [1.807, 2.05) is 0 Å². The Morgan fingerprint density at radius 1 is 1.50 bits per heavy atom. The van der Waals surface area contributed by atoms with Crippen LogP contribution in [-0.2, 0) is 12.1 Å². The first-order valence-corrected chi connectivity index (χ1v) is 3.90. The molecule has 0 saturated heterocycles. The molecule has 1 aromatic carbocycles. The average Bonchev–Trinajstić information content (AvgIpc) is 2.27. The van der Waals surface area contributed by atoms with Crippen molar-refractivity contribution < 1.29 is 9.50 Å². The van der Waals surface area contributed by atoms with Gasteiger partial charge in [0.15, 0.2) is 0 Å². The molecule has 64 valence electrons. The summed E-state index contributed by atoms with van der Waals surface area (Å²) in [5.74, 6) is -0.272. The standard InChI is InChI=1S/C9H10FNO/c10-7-1-2-8-6(5-7)3-4-9(8,11)12/h1-2,5,12H,3-4,11H2. The summed E-state index contributed by atoms with van der Waals surface area (Å²) in [5.41, 5.74) is 5.80. The van der Waals surface area contributed by atoms with E-state index in [9.17, 15) is 9.50 Å². The van der Waals surface area contributed by atoms with Crippen molar-refractivity contribution >= 4 is 0 Å². The Morgan fingerprint density at radius 2 is 2.25 bits per heavy atom. The summed E-state index contributed by atoms with van der Waals surface area (Å²) < 4.78 is 12.7. The maximum atomic E-state index is 12.7. The summed E-state index contributed by atoms with van der Waals surface area (Å²) in [6.45, 7) is 0. The third-order valence-corrected chi connectivity index (χ3v) is 2.31. The topological polar surface area (TPSA) is 46.2 Å². The van der Waals surface area contributed by atoms with Crippen LogP contribution in [0.4, 0.5) is 4.39 Å². The Balaban J connectivity index is 2.55. The highest BCUT2D eigenvalue weighted by Gasteiger charge is 2.32. The molecule has 2 rings (SSSR count). The average molecular weight is 167 g/mol. The number of aliphatic hydroxyl groups is 1. The maximum Gasteiger partial charge on any atom is 0.140 e. The van der Waals surface area contributed by atoms with Crippen LogP contribution in [0.5, 0.6) is 0 Å². The largest absolute Gasteiger partial charge is 0.372 e. The predicted octanol–water partition coefficient (Wildman–Crippen LogP) is 0.876. The van der Waals surface area contributed by atoms with Gasteiger partial charge in [0.05, 0.1) is 0 Å². The minimum atomic E-state index is -1.25. The molecule has 12 heavy (non-hydrogen) atoms. The molecule has 0 aromatic heterocycles. The molecule has 0 amide bonds. The summed E-state index contributed by atoms with van der Waals surface area (Å²) >= 11 is 0. The second-order valence-electron chi connectivity index (χ2n) is 3.23. The Morgan fingerprint density at radius 3 is 3.00 bits per heavy atom. The molecule has 0 bridgehead atoms. The SMILES string of the molecule is NC1(O)CCc2cc(F)ccc21. The third-order valence-electron chi connectivity index (χ3n) is 2.31. The molecule has 0 fully saturated rings. The van der Waals surface area contributed by atoms with Crippen LogP contribution < -0.4 is 5.73 Å². The van der Waals surface area contributed by atoms with Crippen molar-refractivity contribution in [3.63, 3.8) is 0 Å². The van der Waals surface area contributed by atoms with Crippen molar-refractivity contribution in [1.82, 2.24) is 0 Å². The molecule has 1 aliphatic rings. The first-order chi connectivity index (χ1) is 5.59. The minimum absolute atomic E-state index is 0.272. The van der Waals surface area contributed by atoms with E-state index in [2.05, 4.69) is 0 Å². The van der Waals surface area contributed by atoms with E-state index in [0.717, 1.165) is 5.56 Å². The molecular formula is C9H10FNO. The van der Waals surface area contributed by atoms with Gasteiger partial charge in [0.25, 0.3) is 0 Å². The molecule has 3 N–H and O–H groups in total. The van der Waals surface area contributed by atoms with Crippen LogP contribution in [-0.4, -0.2) is 5.11 Å². The van der Waals surface area contributed by atoms with Gasteiger partial charge < -0.3 is 5.11 Å². The molecule has 0 heterocycles. The number of rotatable bonds is 0. The molecule has 0 aliphatic heterocycles. The van der Waals surface area contributed by atoms with Gasteiger partial charge in [-0.25, -0.2) is 4.39 Å². The Kier molecular flexibility index (Phi) is 1.46. The Labute approximate surface area is 69.8 Å². The molecule has 2 nitrogen and oxygen atoms in total. The lowest BCUT2D eigenvalue weighted by Gasteiger charge is -2.16. The second kappa shape index (κ2) is 2.28. The van der Waals surface area contributed by atoms with Crippen LogP contribution in [0.2, 0.25) is 0 Å². The molecule has 1 atom stereocenters. The smallest absolute Gasteiger partial charge is 0.140 e. The second-order valence-corrected chi connectivity index (χ2v) is 3.23. The summed E-state index contributed by atoms with van der Waals surface area (Å²) in [7, 11) is 0. The maximum absolute atomic E-state index is 12.7. The van der Waals surface area contributed by atoms with Crippen LogP contribution >= 0.6 is 0 Å². The number of halogens is 1. The van der Waals surface area contributed by atoms with E-state index < -0.39 is 5.72 Å². The van der Waals surface area contributed by atoms with Crippen LogP contribution in [0.25, 0.3) is 0 Å². The first-order valence-electron chi connectivity index (χ1n) is 3.90. The van der Waals surface area contributed by atoms with Gasteiger partial charge >= 0.3 is 0 Å². The van der Waals surface area contributed by atoms with Gasteiger partial charge in [-0.15, -0.1) is 0 Å². The van der Waals surface area contributed by atoms with Gasteiger partial charge in [0.2, 0.25) is 0 Å². The van der Waals surface area contributed by atoms with Crippen LogP contribution in [0.15, 0.2) is 18.2 Å². The van der Waals surface area contributed by atoms with Crippen molar-refractivity contribution in [3.05, 3.63) is 35.1 Å². The zero-order valence-corrected chi connectivity index (χ0v) is 6.55. The fourth-order valence-electron chi connectivity index (χ4n) is 1.65. The summed E-state index contributed by atoms with van der Waals surface area (Å²) in [4.78, 5) is 0. The lowest BCUT2D eigenvalue weighted by atomic mass is 10.1. The summed E-state index contributed by atoms with van der Waals surface area (Å²) in [6.07, 6.45) is 1.13. The molecule has 1 aromatic rings. The number of aryl methyl sites for hydroxylation is 1. The number of hydrogen-bond donors (Lipinski definition) is 2. The summed E-state index contributed by atoms with van der Waals surface area (Å²) in [5, 5.41) is 9.59. The highest BCUT2D eigenvalue weighted by Crippen LogP contribution is 2.32. The molecule has 0 radical (unpaired) electrons. The first kappa shape index (κ1) is 7.71. The fraction of sp³-hybridized carbons (Fsp3) is 0.333. The molecule has 1 unspecified atom stereocenters. The Hall–Kier alpha value is -0.930. The number of hydrogen-bond acceptors (Lipinski definition) is 2. The van der Waals surface area contributed by atoms with Gasteiger partial charge in [-0.1, -0.05) is 6.07 Å². The van der Waals surface area contributed by atoms with Crippen molar-refractivity contribution in [2.45, 2.75) is 18.6 Å². The van der Waals surface area contributed by atoms with Crippen molar-refractivity contribution in [3.8, 4) is 0 Å². The van der Waals surface area contributed by atoms with Crippen molar-refractivity contribution in [1.29, 1.82) is 0 Å². The predicted molar refractivity (Wildman–Crippen MR) is 42.8 cm³/mol. The lowest BCUT2D eigenvalue weighted by molar-refractivity contribution is 0.0458. The van der Waals surface area contributed by atoms with Gasteiger partial charge in [-0.2, -0.15) is 0 Å². The quantitative estimate of drug-likeness (QED) is 0.563. The molecule has 0 saturated carbocycles. The normalized spacial score (nSPS) is 27.2. The zero-order valence-electron chi connectivity index (χ0n) is 6.55. The van der Waals surface area contributed by atoms with Gasteiger partial charge in [0.1, 0.15) is 11.5 Å². The van der Waals surface area contributed by atoms with Gasteiger partial charge in [0, 0.05) is 5.56 Å². The summed E-state index contributed by atoms with van der Waals surface area (Å²) in [6, 6.07) is 4.31. The van der Waals surface area contributed by atoms with E-state index in [1.54, 1.807) is 6.07 Å². The molecule has 1 aliphatic carbocycles. The van der Waals surface area contributed by atoms with E-state index in [-0.39, 0.29) is 5.82 Å². The van der Waals surface area contributed by atoms with Crippen molar-refractivity contribution in [2.75, 3.05) is 0 Å². The Bertz CT molecular complexity index is 322. The zero-order chi connectivity index (χ0) is 8.77. The number of fused-ring (bicyclic) bond motifs is 1. The van der Waals surface area contributed by atoms with Crippen LogP contribution in [0.3, 0.4) is 0 Å². The van der Waals surface area contributed by atoms with E-state index >= 15 is 0 Å². The minimum Gasteiger partial charge on any atom is -0.372 e. The number of benzene rings is 1. The highest BCUT2D eigenvalue weighted by molar-refractivity contribution is 5.36. The van der Waals surface area contributed by atoms with Crippen molar-refractivity contribution in [2.24, 2.45) is 5.73 Å². The molecule has 3 heteroatoms. The van der Waals surface area contributed by atoms with Gasteiger partial charge in [-0.05, 0) is 30.5 Å². The van der Waals surface area contributed by atoms with Crippen LogP contribution in [0.1, 0.15) is 17.5 Å². The lowest BCUT2D eigenvalue weighted by Crippen LogP contribution is -2.33. The molecule has 0 spiro atoms. The van der Waals surface area contributed by atoms with E-state index in [1.165, 1.54) is 12.1 Å². The van der Waals surface area contributed by atoms with E-state index in [0.29, 0.717) is 18.4 Å². The third kappa shape index (κ3) is 1.02. The number of nitrogens with two attached hydrogens (primary N) is 1. The monoisotopic (exact) mass is 167 g/mol. The van der Waals surface area contributed by atoms with E-state index in [4.69, 9.17) is 5.73 Å².